The monoisotopic (exact) mass is 390 g/mol. The van der Waals surface area contributed by atoms with Crippen molar-refractivity contribution in [3.05, 3.63) is 71.1 Å². The van der Waals surface area contributed by atoms with Gasteiger partial charge in [-0.25, -0.2) is 8.78 Å². The number of ketones is 1. The molecule has 0 saturated carbocycles. The first-order valence-electron chi connectivity index (χ1n) is 8.07. The van der Waals surface area contributed by atoms with Crippen molar-refractivity contribution in [1.29, 1.82) is 0 Å². The number of carbonyl (C=O) groups excluding carboxylic acids is 1. The van der Waals surface area contributed by atoms with Crippen LogP contribution in [0.4, 0.5) is 8.78 Å². The Morgan fingerprint density at radius 2 is 1.93 bits per heavy atom. The minimum Gasteiger partial charge on any atom is -0.497 e. The molecular formula is C19H16F2N2O3S. The van der Waals surface area contributed by atoms with E-state index in [1.54, 1.807) is 14.0 Å². The predicted molar refractivity (Wildman–Crippen MR) is 96.1 cm³/mol. The number of carbonyl (C=O) groups is 1. The maximum absolute atomic E-state index is 13.8. The summed E-state index contributed by atoms with van der Waals surface area (Å²) in [6.07, 6.45) is 0.437. The Morgan fingerprint density at radius 3 is 2.59 bits per heavy atom. The van der Waals surface area contributed by atoms with Crippen molar-refractivity contribution < 1.29 is 22.7 Å². The van der Waals surface area contributed by atoms with Crippen LogP contribution in [0.1, 0.15) is 28.7 Å². The number of rotatable bonds is 7. The van der Waals surface area contributed by atoms with Gasteiger partial charge in [-0.1, -0.05) is 23.9 Å². The smallest absolute Gasteiger partial charge is 0.277 e. The summed E-state index contributed by atoms with van der Waals surface area (Å²) < 4.78 is 37.4. The van der Waals surface area contributed by atoms with Crippen molar-refractivity contribution in [3.8, 4) is 5.75 Å². The normalized spacial score (nSPS) is 12.0. The van der Waals surface area contributed by atoms with Gasteiger partial charge < -0.3 is 9.15 Å². The standard InChI is InChI=1S/C19H16F2N2O3S/c1-11(18(24)15-8-5-13(20)10-16(15)21)27-19-23-22-17(26-19)9-12-3-6-14(25-2)7-4-12/h3-8,10-11H,9H2,1-2H3. The van der Waals surface area contributed by atoms with E-state index < -0.39 is 22.7 Å². The second kappa shape index (κ2) is 8.30. The molecule has 0 aliphatic heterocycles. The molecule has 0 N–H and O–H groups in total. The Kier molecular flexibility index (Phi) is 5.85. The molecule has 0 bridgehead atoms. The minimum absolute atomic E-state index is 0.172. The van der Waals surface area contributed by atoms with Crippen LogP contribution < -0.4 is 4.74 Å². The summed E-state index contributed by atoms with van der Waals surface area (Å²) in [5, 5.41) is 7.42. The van der Waals surface area contributed by atoms with E-state index in [4.69, 9.17) is 9.15 Å². The van der Waals surface area contributed by atoms with Gasteiger partial charge in [-0.3, -0.25) is 4.79 Å². The maximum atomic E-state index is 13.8. The molecule has 2 aromatic carbocycles. The lowest BCUT2D eigenvalue weighted by Gasteiger charge is -2.08. The van der Waals surface area contributed by atoms with E-state index in [1.807, 2.05) is 24.3 Å². The molecule has 3 aromatic rings. The average molecular weight is 390 g/mol. The number of thioether (sulfide) groups is 1. The molecule has 5 nitrogen and oxygen atoms in total. The van der Waals surface area contributed by atoms with Gasteiger partial charge in [0.1, 0.15) is 17.4 Å². The molecule has 0 aliphatic carbocycles. The van der Waals surface area contributed by atoms with Gasteiger partial charge in [0, 0.05) is 6.07 Å². The van der Waals surface area contributed by atoms with Crippen molar-refractivity contribution in [2.24, 2.45) is 0 Å². The zero-order valence-corrected chi connectivity index (χ0v) is 15.4. The third kappa shape index (κ3) is 4.71. The van der Waals surface area contributed by atoms with Gasteiger partial charge in [-0.2, -0.15) is 0 Å². The second-order valence-corrected chi connectivity index (χ2v) is 7.03. The predicted octanol–water partition coefficient (Wildman–Crippen LogP) is 4.31. The fourth-order valence-electron chi connectivity index (χ4n) is 2.39. The number of benzene rings is 2. The van der Waals surface area contributed by atoms with Crippen LogP contribution in [-0.2, 0) is 6.42 Å². The molecule has 140 valence electrons. The van der Waals surface area contributed by atoms with Crippen LogP contribution in [0.15, 0.2) is 52.1 Å². The fourth-order valence-corrected chi connectivity index (χ4v) is 3.16. The highest BCUT2D eigenvalue weighted by Crippen LogP contribution is 2.26. The van der Waals surface area contributed by atoms with Gasteiger partial charge in [0.2, 0.25) is 5.89 Å². The van der Waals surface area contributed by atoms with Crippen LogP contribution in [-0.4, -0.2) is 28.3 Å². The number of halogens is 2. The molecule has 0 spiro atoms. The third-order valence-corrected chi connectivity index (χ3v) is 4.74. The highest BCUT2D eigenvalue weighted by Gasteiger charge is 2.22. The van der Waals surface area contributed by atoms with Crippen molar-refractivity contribution in [2.45, 2.75) is 23.8 Å². The number of methoxy groups -OCH3 is 1. The maximum Gasteiger partial charge on any atom is 0.277 e. The molecule has 0 aliphatic rings. The Hall–Kier alpha value is -2.74. The summed E-state index contributed by atoms with van der Waals surface area (Å²) in [6, 6.07) is 10.3. The van der Waals surface area contributed by atoms with Gasteiger partial charge in [-0.05, 0) is 36.8 Å². The topological polar surface area (TPSA) is 65.2 Å². The van der Waals surface area contributed by atoms with Gasteiger partial charge >= 0.3 is 0 Å². The molecule has 1 atom stereocenters. The molecule has 1 unspecified atom stereocenters. The largest absolute Gasteiger partial charge is 0.497 e. The number of hydrogen-bond donors (Lipinski definition) is 0. The number of Topliss-reactive ketones (excluding diaryl/α,β-unsaturated/α-hetero) is 1. The van der Waals surface area contributed by atoms with Gasteiger partial charge in [0.25, 0.3) is 5.22 Å². The van der Waals surface area contributed by atoms with Crippen LogP contribution in [0.3, 0.4) is 0 Å². The zero-order chi connectivity index (χ0) is 19.4. The van der Waals surface area contributed by atoms with Crippen LogP contribution in [0.5, 0.6) is 5.75 Å². The summed E-state index contributed by atoms with van der Waals surface area (Å²) in [6.45, 7) is 1.60. The molecule has 0 fully saturated rings. The van der Waals surface area contributed by atoms with Crippen molar-refractivity contribution in [1.82, 2.24) is 10.2 Å². The van der Waals surface area contributed by atoms with Crippen LogP contribution in [0.25, 0.3) is 0 Å². The SMILES string of the molecule is COc1ccc(Cc2nnc(SC(C)C(=O)c3ccc(F)cc3F)o2)cc1. The van der Waals surface area contributed by atoms with Gasteiger partial charge in [0.15, 0.2) is 5.78 Å². The summed E-state index contributed by atoms with van der Waals surface area (Å²) in [5.74, 6) is -0.953. The van der Waals surface area contributed by atoms with Crippen LogP contribution >= 0.6 is 11.8 Å². The lowest BCUT2D eigenvalue weighted by atomic mass is 10.1. The number of hydrogen-bond acceptors (Lipinski definition) is 6. The molecule has 1 aromatic heterocycles. The molecule has 3 rings (SSSR count). The number of ether oxygens (including phenoxy) is 1. The first kappa shape index (κ1) is 19.0. The van der Waals surface area contributed by atoms with Gasteiger partial charge in [-0.15, -0.1) is 10.2 Å². The van der Waals surface area contributed by atoms with E-state index in [1.165, 1.54) is 0 Å². The van der Waals surface area contributed by atoms with Gasteiger partial charge in [0.05, 0.1) is 24.3 Å². The Labute approximate surface area is 158 Å². The molecular weight excluding hydrogens is 374 g/mol. The van der Waals surface area contributed by atoms with Crippen LogP contribution in [0.2, 0.25) is 0 Å². The first-order chi connectivity index (χ1) is 13.0. The summed E-state index contributed by atoms with van der Waals surface area (Å²) in [4.78, 5) is 12.4. The summed E-state index contributed by atoms with van der Waals surface area (Å²) in [5.41, 5.74) is 0.794. The molecule has 1 heterocycles. The lowest BCUT2D eigenvalue weighted by Crippen LogP contribution is -2.15. The van der Waals surface area contributed by atoms with E-state index >= 15 is 0 Å². The van der Waals surface area contributed by atoms with Crippen molar-refractivity contribution >= 4 is 17.5 Å². The quantitative estimate of drug-likeness (QED) is 0.442. The number of nitrogens with zero attached hydrogens (tertiary/aromatic N) is 2. The molecule has 0 radical (unpaired) electrons. The molecule has 27 heavy (non-hydrogen) atoms. The average Bonchev–Trinajstić information content (AvgIpc) is 3.08. The molecule has 0 amide bonds. The highest BCUT2D eigenvalue weighted by molar-refractivity contribution is 8.00. The third-order valence-electron chi connectivity index (χ3n) is 3.81. The summed E-state index contributed by atoms with van der Waals surface area (Å²) in [7, 11) is 1.59. The molecule has 0 saturated heterocycles. The minimum atomic E-state index is -0.891. The Bertz CT molecular complexity index is 944. The Morgan fingerprint density at radius 1 is 1.19 bits per heavy atom. The van der Waals surface area contributed by atoms with Crippen molar-refractivity contribution in [3.63, 3.8) is 0 Å². The lowest BCUT2D eigenvalue weighted by molar-refractivity contribution is 0.0989. The van der Waals surface area contributed by atoms with E-state index in [0.717, 1.165) is 35.2 Å². The highest BCUT2D eigenvalue weighted by atomic mass is 32.2. The molecule has 8 heteroatoms. The van der Waals surface area contributed by atoms with Crippen molar-refractivity contribution in [2.75, 3.05) is 7.11 Å². The first-order valence-corrected chi connectivity index (χ1v) is 8.95. The zero-order valence-electron chi connectivity index (χ0n) is 14.6. The van der Waals surface area contributed by atoms with Crippen LogP contribution in [0, 0.1) is 11.6 Å². The van der Waals surface area contributed by atoms with E-state index in [-0.39, 0.29) is 10.8 Å². The second-order valence-electron chi connectivity index (χ2n) is 5.74. The van der Waals surface area contributed by atoms with E-state index in [0.29, 0.717) is 18.4 Å². The van der Waals surface area contributed by atoms with E-state index in [2.05, 4.69) is 10.2 Å². The number of aromatic nitrogens is 2. The fraction of sp³-hybridized carbons (Fsp3) is 0.211. The summed E-state index contributed by atoms with van der Waals surface area (Å²) >= 11 is 1.03. The van der Waals surface area contributed by atoms with E-state index in [9.17, 15) is 13.6 Å². The Balaban J connectivity index is 1.64.